The third-order valence-electron chi connectivity index (χ3n) is 3.14. The van der Waals surface area contributed by atoms with Crippen LogP contribution in [0.3, 0.4) is 0 Å². The largest absolute Gasteiger partial charge is 0.384 e. The van der Waals surface area contributed by atoms with E-state index in [1.54, 1.807) is 7.11 Å². The molecule has 2 N–H and O–H groups in total. The maximum Gasteiger partial charge on any atom is 0.0488 e. The van der Waals surface area contributed by atoms with Gasteiger partial charge in [-0.1, -0.05) is 30.7 Å². The molecule has 0 spiro atoms. The van der Waals surface area contributed by atoms with Gasteiger partial charge < -0.3 is 10.5 Å². The quantitative estimate of drug-likeness (QED) is 0.823. The fraction of sp³-hybridized carbons (Fsp3) is 0.600. The summed E-state index contributed by atoms with van der Waals surface area (Å²) in [5.41, 5.74) is 10.2. The highest BCUT2D eigenvalue weighted by molar-refractivity contribution is 5.31. The second-order valence-electron chi connectivity index (χ2n) is 5.19. The normalized spacial score (nSPS) is 14.6. The smallest absolute Gasteiger partial charge is 0.0488 e. The van der Waals surface area contributed by atoms with Gasteiger partial charge in [0.2, 0.25) is 0 Å². The van der Waals surface area contributed by atoms with Crippen LogP contribution in [0.25, 0.3) is 0 Å². The number of hydrogen-bond donors (Lipinski definition) is 1. The lowest BCUT2D eigenvalue weighted by atomic mass is 9.94. The average molecular weight is 235 g/mol. The summed E-state index contributed by atoms with van der Waals surface area (Å²) >= 11 is 0. The molecule has 0 saturated carbocycles. The predicted octanol–water partition coefficient (Wildman–Crippen LogP) is 2.85. The number of methoxy groups -OCH3 is 1. The first-order valence-corrected chi connectivity index (χ1v) is 6.33. The standard InChI is InChI=1S/C15H25NO/c1-11-5-6-13(3)14(7-11)9-15(16)8-12(2)10-17-4/h5-7,12,15H,8-10,16H2,1-4H3. The minimum atomic E-state index is 0.223. The van der Waals surface area contributed by atoms with Crippen molar-refractivity contribution in [2.24, 2.45) is 11.7 Å². The predicted molar refractivity (Wildman–Crippen MR) is 73.3 cm³/mol. The van der Waals surface area contributed by atoms with Gasteiger partial charge in [-0.2, -0.15) is 0 Å². The summed E-state index contributed by atoms with van der Waals surface area (Å²) in [7, 11) is 1.74. The fourth-order valence-corrected chi connectivity index (χ4v) is 2.26. The Morgan fingerprint density at radius 2 is 2.00 bits per heavy atom. The van der Waals surface area contributed by atoms with E-state index in [0.29, 0.717) is 5.92 Å². The zero-order valence-corrected chi connectivity index (χ0v) is 11.5. The number of nitrogens with two attached hydrogens (primary N) is 1. The van der Waals surface area contributed by atoms with Crippen LogP contribution in [0.2, 0.25) is 0 Å². The summed E-state index contributed by atoms with van der Waals surface area (Å²) in [5.74, 6) is 0.528. The van der Waals surface area contributed by atoms with Gasteiger partial charge in [0.25, 0.3) is 0 Å². The molecule has 1 aromatic carbocycles. The van der Waals surface area contributed by atoms with Gasteiger partial charge in [-0.3, -0.25) is 0 Å². The maximum atomic E-state index is 6.20. The van der Waals surface area contributed by atoms with E-state index in [4.69, 9.17) is 10.5 Å². The molecule has 0 aliphatic heterocycles. The van der Waals surface area contributed by atoms with Crippen molar-refractivity contribution in [2.45, 2.75) is 39.7 Å². The van der Waals surface area contributed by atoms with E-state index in [2.05, 4.69) is 39.0 Å². The molecule has 0 radical (unpaired) electrons. The first-order valence-electron chi connectivity index (χ1n) is 6.33. The van der Waals surface area contributed by atoms with Crippen molar-refractivity contribution < 1.29 is 4.74 Å². The van der Waals surface area contributed by atoms with Crippen LogP contribution in [0, 0.1) is 19.8 Å². The molecule has 17 heavy (non-hydrogen) atoms. The van der Waals surface area contributed by atoms with Gasteiger partial charge in [-0.05, 0) is 43.7 Å². The maximum absolute atomic E-state index is 6.20. The average Bonchev–Trinajstić information content (AvgIpc) is 2.23. The number of rotatable bonds is 6. The van der Waals surface area contributed by atoms with Gasteiger partial charge in [-0.25, -0.2) is 0 Å². The molecule has 1 rings (SSSR count). The van der Waals surface area contributed by atoms with Crippen LogP contribution in [-0.2, 0) is 11.2 Å². The van der Waals surface area contributed by atoms with Gasteiger partial charge in [0.15, 0.2) is 0 Å². The van der Waals surface area contributed by atoms with Gasteiger partial charge in [-0.15, -0.1) is 0 Å². The zero-order chi connectivity index (χ0) is 12.8. The molecule has 0 aliphatic rings. The Labute approximate surface area is 105 Å². The summed E-state index contributed by atoms with van der Waals surface area (Å²) in [6.45, 7) is 7.26. The van der Waals surface area contributed by atoms with Crippen LogP contribution < -0.4 is 5.73 Å². The first-order chi connectivity index (χ1) is 8.02. The Hall–Kier alpha value is -0.860. The number of benzene rings is 1. The summed E-state index contributed by atoms with van der Waals surface area (Å²) in [4.78, 5) is 0. The van der Waals surface area contributed by atoms with Crippen LogP contribution >= 0.6 is 0 Å². The molecule has 2 atom stereocenters. The highest BCUT2D eigenvalue weighted by Gasteiger charge is 2.11. The van der Waals surface area contributed by atoms with Crippen LogP contribution in [0.1, 0.15) is 30.0 Å². The van der Waals surface area contributed by atoms with E-state index >= 15 is 0 Å². The summed E-state index contributed by atoms with van der Waals surface area (Å²) in [5, 5.41) is 0. The third-order valence-corrected chi connectivity index (χ3v) is 3.14. The molecule has 2 nitrogen and oxygen atoms in total. The van der Waals surface area contributed by atoms with Gasteiger partial charge >= 0.3 is 0 Å². The topological polar surface area (TPSA) is 35.2 Å². The van der Waals surface area contributed by atoms with Crippen molar-refractivity contribution in [3.05, 3.63) is 34.9 Å². The van der Waals surface area contributed by atoms with Crippen molar-refractivity contribution >= 4 is 0 Å². The van der Waals surface area contributed by atoms with Crippen LogP contribution in [0.15, 0.2) is 18.2 Å². The van der Waals surface area contributed by atoms with Crippen molar-refractivity contribution in [1.29, 1.82) is 0 Å². The molecule has 0 saturated heterocycles. The number of ether oxygens (including phenoxy) is 1. The Balaban J connectivity index is 2.55. The number of hydrogen-bond acceptors (Lipinski definition) is 2. The molecular weight excluding hydrogens is 210 g/mol. The minimum Gasteiger partial charge on any atom is -0.384 e. The molecule has 0 bridgehead atoms. The molecule has 1 aromatic rings. The molecule has 2 unspecified atom stereocenters. The molecule has 0 aliphatic carbocycles. The van der Waals surface area contributed by atoms with E-state index < -0.39 is 0 Å². The van der Waals surface area contributed by atoms with E-state index in [9.17, 15) is 0 Å². The van der Waals surface area contributed by atoms with Crippen LogP contribution in [-0.4, -0.2) is 19.8 Å². The molecule has 0 heterocycles. The lowest BCUT2D eigenvalue weighted by molar-refractivity contribution is 0.152. The van der Waals surface area contributed by atoms with Crippen molar-refractivity contribution in [3.8, 4) is 0 Å². The Kier molecular flexibility index (Phi) is 5.66. The highest BCUT2D eigenvalue weighted by atomic mass is 16.5. The van der Waals surface area contributed by atoms with Crippen LogP contribution in [0.5, 0.6) is 0 Å². The molecular formula is C15H25NO. The third kappa shape index (κ3) is 4.88. The molecule has 0 fully saturated rings. The highest BCUT2D eigenvalue weighted by Crippen LogP contribution is 2.15. The van der Waals surface area contributed by atoms with Crippen molar-refractivity contribution in [1.82, 2.24) is 0 Å². The lowest BCUT2D eigenvalue weighted by Gasteiger charge is -2.18. The van der Waals surface area contributed by atoms with E-state index in [-0.39, 0.29) is 6.04 Å². The van der Waals surface area contributed by atoms with E-state index in [1.807, 2.05) is 0 Å². The monoisotopic (exact) mass is 235 g/mol. The summed E-state index contributed by atoms with van der Waals surface area (Å²) < 4.78 is 5.14. The second kappa shape index (κ2) is 6.77. The van der Waals surface area contributed by atoms with E-state index in [0.717, 1.165) is 19.4 Å². The van der Waals surface area contributed by atoms with Gasteiger partial charge in [0.05, 0.1) is 0 Å². The summed E-state index contributed by atoms with van der Waals surface area (Å²) in [6, 6.07) is 6.80. The van der Waals surface area contributed by atoms with Crippen LogP contribution in [0.4, 0.5) is 0 Å². The van der Waals surface area contributed by atoms with Gasteiger partial charge in [0, 0.05) is 19.8 Å². The zero-order valence-electron chi connectivity index (χ0n) is 11.5. The Morgan fingerprint density at radius 3 is 2.65 bits per heavy atom. The SMILES string of the molecule is COCC(C)CC(N)Cc1cc(C)ccc1C. The lowest BCUT2D eigenvalue weighted by Crippen LogP contribution is -2.27. The summed E-state index contributed by atoms with van der Waals surface area (Å²) in [6.07, 6.45) is 1.97. The molecule has 2 heteroatoms. The molecule has 0 aromatic heterocycles. The minimum absolute atomic E-state index is 0.223. The van der Waals surface area contributed by atoms with E-state index in [1.165, 1.54) is 16.7 Å². The Bertz CT molecular complexity index is 349. The molecule has 96 valence electrons. The van der Waals surface area contributed by atoms with Crippen molar-refractivity contribution in [2.75, 3.05) is 13.7 Å². The van der Waals surface area contributed by atoms with Gasteiger partial charge in [0.1, 0.15) is 0 Å². The molecule has 0 amide bonds. The Morgan fingerprint density at radius 1 is 1.29 bits per heavy atom. The first kappa shape index (κ1) is 14.2. The fourth-order valence-electron chi connectivity index (χ4n) is 2.26. The second-order valence-corrected chi connectivity index (χ2v) is 5.19. The van der Waals surface area contributed by atoms with Crippen molar-refractivity contribution in [3.63, 3.8) is 0 Å². The number of aryl methyl sites for hydroxylation is 2.